The number of oxime groups is 1. The molecule has 0 saturated carbocycles. The molecule has 0 aromatic heterocycles. The van der Waals surface area contributed by atoms with E-state index in [0.717, 1.165) is 16.7 Å². The van der Waals surface area contributed by atoms with Gasteiger partial charge < -0.3 is 14.7 Å². The Bertz CT molecular complexity index is 536. The quantitative estimate of drug-likeness (QED) is 0.514. The molecule has 1 N–H and O–H groups in total. The zero-order chi connectivity index (χ0) is 14.0. The van der Waals surface area contributed by atoms with E-state index in [9.17, 15) is 10.0 Å². The van der Waals surface area contributed by atoms with Crippen molar-refractivity contribution in [2.75, 3.05) is 14.2 Å². The molecule has 0 aliphatic heterocycles. The molecule has 2 rings (SSSR count). The van der Waals surface area contributed by atoms with E-state index in [1.165, 1.54) is 7.11 Å². The predicted molar refractivity (Wildman–Crippen MR) is 69.9 cm³/mol. The monoisotopic (exact) mass is 263 g/mol. The van der Waals surface area contributed by atoms with E-state index in [4.69, 9.17) is 4.74 Å². The Hall–Kier alpha value is -2.04. The van der Waals surface area contributed by atoms with Crippen molar-refractivity contribution in [2.45, 2.75) is 19.8 Å². The minimum Gasteiger partial charge on any atom is -0.496 e. The van der Waals surface area contributed by atoms with Crippen LogP contribution < -0.4 is 4.74 Å². The predicted octanol–water partition coefficient (Wildman–Crippen LogP) is 1.92. The Morgan fingerprint density at radius 2 is 2.21 bits per heavy atom. The van der Waals surface area contributed by atoms with Gasteiger partial charge in [0.1, 0.15) is 5.75 Å². The van der Waals surface area contributed by atoms with Crippen LogP contribution in [0.1, 0.15) is 23.1 Å². The lowest BCUT2D eigenvalue weighted by molar-refractivity contribution is -0.141. The highest BCUT2D eigenvalue weighted by atomic mass is 16.5. The summed E-state index contributed by atoms with van der Waals surface area (Å²) in [5.74, 6) is 0.193. The van der Waals surface area contributed by atoms with E-state index in [0.29, 0.717) is 17.9 Å². The van der Waals surface area contributed by atoms with Crippen molar-refractivity contribution in [3.8, 4) is 5.75 Å². The van der Waals surface area contributed by atoms with Gasteiger partial charge in [-0.3, -0.25) is 4.79 Å². The van der Waals surface area contributed by atoms with Crippen LogP contribution in [0.4, 0.5) is 0 Å². The van der Waals surface area contributed by atoms with Crippen LogP contribution >= 0.6 is 0 Å². The van der Waals surface area contributed by atoms with Gasteiger partial charge >= 0.3 is 5.97 Å². The normalized spacial score (nSPS) is 19.3. The molecule has 19 heavy (non-hydrogen) atoms. The largest absolute Gasteiger partial charge is 0.496 e. The minimum absolute atomic E-state index is 0.164. The fourth-order valence-electron chi connectivity index (χ4n) is 2.58. The van der Waals surface area contributed by atoms with E-state index in [1.807, 2.05) is 19.1 Å². The molecule has 0 radical (unpaired) electrons. The molecule has 5 nitrogen and oxygen atoms in total. The third kappa shape index (κ3) is 2.28. The van der Waals surface area contributed by atoms with Gasteiger partial charge in [0.15, 0.2) is 0 Å². The fourth-order valence-corrected chi connectivity index (χ4v) is 2.58. The number of ether oxygens (including phenoxy) is 2. The van der Waals surface area contributed by atoms with Crippen LogP contribution in [0, 0.1) is 12.8 Å². The number of esters is 1. The van der Waals surface area contributed by atoms with Crippen molar-refractivity contribution in [3.63, 3.8) is 0 Å². The van der Waals surface area contributed by atoms with E-state index < -0.39 is 0 Å². The first-order valence-corrected chi connectivity index (χ1v) is 6.08. The molecule has 1 atom stereocenters. The molecule has 1 aromatic rings. The third-order valence-electron chi connectivity index (χ3n) is 3.57. The Balaban J connectivity index is 2.43. The molecule has 0 saturated heterocycles. The molecule has 0 bridgehead atoms. The Morgan fingerprint density at radius 3 is 2.79 bits per heavy atom. The number of methoxy groups -OCH3 is 2. The fraction of sp³-hybridized carbons (Fsp3) is 0.429. The zero-order valence-electron chi connectivity index (χ0n) is 11.3. The molecule has 0 fully saturated rings. The number of aryl methyl sites for hydroxylation is 1. The summed E-state index contributed by atoms with van der Waals surface area (Å²) in [4.78, 5) is 11.4. The lowest BCUT2D eigenvalue weighted by atomic mass is 10.0. The smallest absolute Gasteiger partial charge is 0.306 e. The second-order valence-electron chi connectivity index (χ2n) is 4.60. The van der Waals surface area contributed by atoms with Gasteiger partial charge in [0.2, 0.25) is 0 Å². The molecule has 1 aromatic carbocycles. The number of nitrogens with zero attached hydrogens (tertiary/aromatic N) is 1. The maximum atomic E-state index is 11.4. The summed E-state index contributed by atoms with van der Waals surface area (Å²) in [5, 5.41) is 12.6. The SMILES string of the molecule is COC(=O)CC1Cc2c(C)ccc(OC)c2C1=NO. The lowest BCUT2D eigenvalue weighted by Gasteiger charge is -2.10. The Labute approximate surface area is 111 Å². The highest BCUT2D eigenvalue weighted by Gasteiger charge is 2.34. The Morgan fingerprint density at radius 1 is 1.47 bits per heavy atom. The summed E-state index contributed by atoms with van der Waals surface area (Å²) in [5.41, 5.74) is 3.48. The van der Waals surface area contributed by atoms with Gasteiger partial charge in [-0.15, -0.1) is 0 Å². The summed E-state index contributed by atoms with van der Waals surface area (Å²) >= 11 is 0. The average Bonchev–Trinajstić information content (AvgIpc) is 2.78. The third-order valence-corrected chi connectivity index (χ3v) is 3.57. The van der Waals surface area contributed by atoms with Crippen LogP contribution in [-0.2, 0) is 16.0 Å². The zero-order valence-corrected chi connectivity index (χ0v) is 11.3. The van der Waals surface area contributed by atoms with Crippen molar-refractivity contribution < 1.29 is 19.5 Å². The molecule has 1 aliphatic rings. The van der Waals surface area contributed by atoms with Gasteiger partial charge in [-0.2, -0.15) is 0 Å². The molecule has 102 valence electrons. The van der Waals surface area contributed by atoms with E-state index in [1.54, 1.807) is 7.11 Å². The highest BCUT2D eigenvalue weighted by molar-refractivity contribution is 6.09. The first-order valence-electron chi connectivity index (χ1n) is 6.08. The van der Waals surface area contributed by atoms with Crippen molar-refractivity contribution in [1.29, 1.82) is 0 Å². The maximum Gasteiger partial charge on any atom is 0.306 e. The summed E-state index contributed by atoms with van der Waals surface area (Å²) in [6.45, 7) is 1.99. The van der Waals surface area contributed by atoms with E-state index >= 15 is 0 Å². The van der Waals surface area contributed by atoms with Crippen LogP contribution in [0.15, 0.2) is 17.3 Å². The number of carbonyl (C=O) groups is 1. The number of fused-ring (bicyclic) bond motifs is 1. The molecule has 0 spiro atoms. The summed E-state index contributed by atoms with van der Waals surface area (Å²) < 4.78 is 10.00. The topological polar surface area (TPSA) is 68.1 Å². The van der Waals surface area contributed by atoms with Crippen LogP contribution in [0.2, 0.25) is 0 Å². The van der Waals surface area contributed by atoms with Gasteiger partial charge in [0.05, 0.1) is 26.4 Å². The summed E-state index contributed by atoms with van der Waals surface area (Å²) in [7, 11) is 2.93. The number of hydrogen-bond donors (Lipinski definition) is 1. The minimum atomic E-state index is -0.310. The Kier molecular flexibility index (Phi) is 3.74. The first kappa shape index (κ1) is 13.4. The molecule has 5 heteroatoms. The van der Waals surface area contributed by atoms with Crippen molar-refractivity contribution in [2.24, 2.45) is 11.1 Å². The molecular formula is C14H17NO4. The second kappa shape index (κ2) is 5.30. The summed E-state index contributed by atoms with van der Waals surface area (Å²) in [6.07, 6.45) is 0.861. The van der Waals surface area contributed by atoms with Gasteiger partial charge in [0, 0.05) is 11.5 Å². The number of benzene rings is 1. The first-order chi connectivity index (χ1) is 9.12. The second-order valence-corrected chi connectivity index (χ2v) is 4.60. The lowest BCUT2D eigenvalue weighted by Crippen LogP contribution is -2.16. The number of carbonyl (C=O) groups excluding carboxylic acids is 1. The van der Waals surface area contributed by atoms with Gasteiger partial charge in [-0.05, 0) is 30.5 Å². The van der Waals surface area contributed by atoms with Gasteiger partial charge in [-0.25, -0.2) is 0 Å². The average molecular weight is 263 g/mol. The van der Waals surface area contributed by atoms with E-state index in [2.05, 4.69) is 9.89 Å². The van der Waals surface area contributed by atoms with Gasteiger partial charge in [0.25, 0.3) is 0 Å². The molecule has 1 aliphatic carbocycles. The van der Waals surface area contributed by atoms with Crippen molar-refractivity contribution >= 4 is 11.7 Å². The highest BCUT2D eigenvalue weighted by Crippen LogP contribution is 2.37. The van der Waals surface area contributed by atoms with Crippen LogP contribution in [0.5, 0.6) is 5.75 Å². The molecule has 0 heterocycles. The van der Waals surface area contributed by atoms with Crippen molar-refractivity contribution in [1.82, 2.24) is 0 Å². The number of hydrogen-bond acceptors (Lipinski definition) is 5. The van der Waals surface area contributed by atoms with Gasteiger partial charge in [-0.1, -0.05) is 11.2 Å². The van der Waals surface area contributed by atoms with Crippen molar-refractivity contribution in [3.05, 3.63) is 28.8 Å². The molecule has 1 unspecified atom stereocenters. The number of rotatable bonds is 3. The summed E-state index contributed by atoms with van der Waals surface area (Å²) in [6, 6.07) is 3.81. The van der Waals surface area contributed by atoms with E-state index in [-0.39, 0.29) is 18.3 Å². The standard InChI is InChI=1S/C14H17NO4/c1-8-4-5-11(18-2)13-10(8)6-9(14(13)15-17)7-12(16)19-3/h4-5,9,17H,6-7H2,1-3H3. The van der Waals surface area contributed by atoms with Crippen LogP contribution in [-0.4, -0.2) is 31.1 Å². The maximum absolute atomic E-state index is 11.4. The van der Waals surface area contributed by atoms with Crippen LogP contribution in [0.25, 0.3) is 0 Å². The molecule has 0 amide bonds. The molecular weight excluding hydrogens is 246 g/mol. The van der Waals surface area contributed by atoms with Crippen LogP contribution in [0.3, 0.4) is 0 Å².